The Morgan fingerprint density at radius 1 is 1.39 bits per heavy atom. The Hall–Kier alpha value is -1.66. The predicted octanol–water partition coefficient (Wildman–Crippen LogP) is 2.22. The second kappa shape index (κ2) is 8.43. The van der Waals surface area contributed by atoms with Crippen LogP contribution in [0.3, 0.4) is 0 Å². The lowest BCUT2D eigenvalue weighted by atomic mass is 10.2. The lowest BCUT2D eigenvalue weighted by molar-refractivity contribution is -0.132. The number of allylic oxidation sites excluding steroid dienone is 3. The Labute approximate surface area is 103 Å². The Bertz CT molecular complexity index is 329. The number of nitrogens with two attached hydrogens (primary N) is 1. The van der Waals surface area contributed by atoms with Gasteiger partial charge >= 0.3 is 5.97 Å². The van der Waals surface area contributed by atoms with Crippen LogP contribution in [0.25, 0.3) is 0 Å². The van der Waals surface area contributed by atoms with Crippen molar-refractivity contribution < 1.29 is 27.8 Å². The molecule has 18 heavy (non-hydrogen) atoms. The van der Waals surface area contributed by atoms with Crippen molar-refractivity contribution in [2.45, 2.75) is 32.4 Å². The zero-order valence-corrected chi connectivity index (χ0v) is 9.91. The number of carboxylic acid groups (broad SMARTS) is 1. The highest BCUT2D eigenvalue weighted by Gasteiger charge is 2.20. The van der Waals surface area contributed by atoms with Crippen molar-refractivity contribution in [3.63, 3.8) is 0 Å². The summed E-state index contributed by atoms with van der Waals surface area (Å²) in [6.07, 6.45) is -2.15. The second-order valence-corrected chi connectivity index (χ2v) is 3.47. The molecule has 0 aromatic rings. The van der Waals surface area contributed by atoms with E-state index in [-0.39, 0.29) is 5.76 Å². The van der Waals surface area contributed by atoms with Gasteiger partial charge in [-0.1, -0.05) is 6.92 Å². The third-order valence-corrected chi connectivity index (χ3v) is 1.89. The number of hydrogen-bond donors (Lipinski definition) is 2. The highest BCUT2D eigenvalue weighted by Crippen LogP contribution is 2.12. The summed E-state index contributed by atoms with van der Waals surface area (Å²) >= 11 is 0. The molecule has 0 spiro atoms. The summed E-state index contributed by atoms with van der Waals surface area (Å²) in [6.45, 7) is 1.03. The zero-order chi connectivity index (χ0) is 14.1. The maximum Gasteiger partial charge on any atom is 0.351 e. The SMILES string of the molecule is CCC/C(=C\C=C(/N)C(=O)O)OCC(F)C(F)F. The molecule has 0 radical (unpaired) electrons. The van der Waals surface area contributed by atoms with Crippen LogP contribution in [0, 0.1) is 0 Å². The van der Waals surface area contributed by atoms with E-state index >= 15 is 0 Å². The van der Waals surface area contributed by atoms with Crippen molar-refractivity contribution in [1.82, 2.24) is 0 Å². The number of carboxylic acids is 1. The number of aliphatic carboxylic acids is 1. The number of halogens is 3. The van der Waals surface area contributed by atoms with Gasteiger partial charge in [-0.25, -0.2) is 18.0 Å². The molecule has 0 amide bonds. The van der Waals surface area contributed by atoms with E-state index < -0.39 is 30.9 Å². The number of alkyl halides is 3. The standard InChI is InChI=1S/C11H16F3NO3/c1-2-3-7(4-5-9(15)11(16)17)18-6-8(12)10(13)14/h4-5,8,10H,2-3,6,15H2,1H3,(H,16,17)/b7-4+,9-5-. The largest absolute Gasteiger partial charge is 0.495 e. The van der Waals surface area contributed by atoms with Gasteiger partial charge in [0.15, 0.2) is 6.17 Å². The minimum Gasteiger partial charge on any atom is -0.495 e. The number of ether oxygens (including phenoxy) is 1. The van der Waals surface area contributed by atoms with Crippen LogP contribution in [0.4, 0.5) is 13.2 Å². The normalized spacial score (nSPS) is 14.7. The summed E-state index contributed by atoms with van der Waals surface area (Å²) < 4.78 is 41.3. The molecule has 7 heteroatoms. The summed E-state index contributed by atoms with van der Waals surface area (Å²) in [5.41, 5.74) is 4.71. The van der Waals surface area contributed by atoms with Gasteiger partial charge in [-0.3, -0.25) is 0 Å². The first-order valence-corrected chi connectivity index (χ1v) is 5.33. The van der Waals surface area contributed by atoms with Crippen LogP contribution < -0.4 is 5.73 Å². The molecule has 0 aliphatic carbocycles. The van der Waals surface area contributed by atoms with Crippen LogP contribution in [0.15, 0.2) is 23.6 Å². The van der Waals surface area contributed by atoms with Gasteiger partial charge in [0.2, 0.25) is 0 Å². The van der Waals surface area contributed by atoms with Gasteiger partial charge in [0.25, 0.3) is 6.43 Å². The molecule has 0 saturated carbocycles. The molecule has 0 aromatic carbocycles. The quantitative estimate of drug-likeness (QED) is 0.402. The molecular weight excluding hydrogens is 251 g/mol. The fourth-order valence-corrected chi connectivity index (χ4v) is 0.963. The van der Waals surface area contributed by atoms with Crippen molar-refractivity contribution >= 4 is 5.97 Å². The Kier molecular flexibility index (Phi) is 7.66. The molecule has 0 rings (SSSR count). The van der Waals surface area contributed by atoms with E-state index in [0.29, 0.717) is 12.8 Å². The van der Waals surface area contributed by atoms with Gasteiger partial charge in [-0.2, -0.15) is 0 Å². The number of hydrogen-bond acceptors (Lipinski definition) is 3. The third kappa shape index (κ3) is 6.82. The monoisotopic (exact) mass is 267 g/mol. The summed E-state index contributed by atoms with van der Waals surface area (Å²) in [6, 6.07) is 0. The highest BCUT2D eigenvalue weighted by molar-refractivity contribution is 5.85. The van der Waals surface area contributed by atoms with E-state index in [1.807, 2.05) is 6.92 Å². The lowest BCUT2D eigenvalue weighted by Crippen LogP contribution is -2.19. The highest BCUT2D eigenvalue weighted by atomic mass is 19.3. The Morgan fingerprint density at radius 2 is 2.00 bits per heavy atom. The maximum absolute atomic E-state index is 12.6. The fraction of sp³-hybridized carbons (Fsp3) is 0.545. The lowest BCUT2D eigenvalue weighted by Gasteiger charge is -2.11. The average molecular weight is 267 g/mol. The first-order chi connectivity index (χ1) is 8.38. The molecule has 0 saturated heterocycles. The van der Waals surface area contributed by atoms with Gasteiger partial charge in [0.05, 0.1) is 5.76 Å². The van der Waals surface area contributed by atoms with Crippen molar-refractivity contribution in [2.75, 3.05) is 6.61 Å². The van der Waals surface area contributed by atoms with E-state index in [1.165, 1.54) is 6.08 Å². The molecule has 0 aliphatic rings. The Morgan fingerprint density at radius 3 is 2.44 bits per heavy atom. The molecule has 0 aliphatic heterocycles. The molecular formula is C11H16F3NO3. The van der Waals surface area contributed by atoms with Gasteiger partial charge < -0.3 is 15.6 Å². The van der Waals surface area contributed by atoms with E-state index in [9.17, 15) is 18.0 Å². The maximum atomic E-state index is 12.6. The zero-order valence-electron chi connectivity index (χ0n) is 9.91. The predicted molar refractivity (Wildman–Crippen MR) is 59.7 cm³/mol. The minimum atomic E-state index is -3.10. The van der Waals surface area contributed by atoms with Crippen molar-refractivity contribution in [2.24, 2.45) is 5.73 Å². The van der Waals surface area contributed by atoms with Crippen LogP contribution in [0.5, 0.6) is 0 Å². The number of carbonyl (C=O) groups is 1. The van der Waals surface area contributed by atoms with Gasteiger partial charge in [-0.05, 0) is 18.6 Å². The molecule has 0 fully saturated rings. The fourth-order valence-electron chi connectivity index (χ4n) is 0.963. The molecule has 104 valence electrons. The van der Waals surface area contributed by atoms with Crippen LogP contribution in [0.1, 0.15) is 19.8 Å². The van der Waals surface area contributed by atoms with Crippen molar-refractivity contribution in [3.05, 3.63) is 23.6 Å². The average Bonchev–Trinajstić information content (AvgIpc) is 2.31. The van der Waals surface area contributed by atoms with Crippen LogP contribution in [-0.4, -0.2) is 30.3 Å². The van der Waals surface area contributed by atoms with Gasteiger partial charge in [0, 0.05) is 6.42 Å². The molecule has 0 heterocycles. The Balaban J connectivity index is 4.52. The second-order valence-electron chi connectivity index (χ2n) is 3.47. The van der Waals surface area contributed by atoms with Crippen molar-refractivity contribution in [1.29, 1.82) is 0 Å². The smallest absolute Gasteiger partial charge is 0.351 e. The summed E-state index contributed by atoms with van der Waals surface area (Å²) in [5.74, 6) is -1.09. The minimum absolute atomic E-state index is 0.213. The first kappa shape index (κ1) is 16.3. The van der Waals surface area contributed by atoms with E-state index in [2.05, 4.69) is 0 Å². The third-order valence-electron chi connectivity index (χ3n) is 1.89. The number of rotatable bonds is 8. The van der Waals surface area contributed by atoms with Crippen LogP contribution >= 0.6 is 0 Å². The topological polar surface area (TPSA) is 72.6 Å². The van der Waals surface area contributed by atoms with E-state index in [1.54, 1.807) is 0 Å². The van der Waals surface area contributed by atoms with E-state index in [4.69, 9.17) is 15.6 Å². The molecule has 3 N–H and O–H groups in total. The molecule has 1 atom stereocenters. The molecule has 4 nitrogen and oxygen atoms in total. The summed E-state index contributed by atoms with van der Waals surface area (Å²) in [5, 5.41) is 8.49. The first-order valence-electron chi connectivity index (χ1n) is 5.33. The summed E-state index contributed by atoms with van der Waals surface area (Å²) in [7, 11) is 0. The van der Waals surface area contributed by atoms with Crippen LogP contribution in [-0.2, 0) is 9.53 Å². The van der Waals surface area contributed by atoms with Gasteiger partial charge in [0.1, 0.15) is 12.3 Å². The molecule has 1 unspecified atom stereocenters. The van der Waals surface area contributed by atoms with Crippen LogP contribution in [0.2, 0.25) is 0 Å². The van der Waals surface area contributed by atoms with E-state index in [0.717, 1.165) is 6.08 Å². The molecule has 0 aromatic heterocycles. The van der Waals surface area contributed by atoms with Crippen molar-refractivity contribution in [3.8, 4) is 0 Å². The van der Waals surface area contributed by atoms with Gasteiger partial charge in [-0.15, -0.1) is 0 Å². The molecule has 0 bridgehead atoms. The summed E-state index contributed by atoms with van der Waals surface area (Å²) in [4.78, 5) is 10.4.